The molecule has 0 saturated carbocycles. The number of aromatic hydroxyl groups is 1. The van der Waals surface area contributed by atoms with Crippen molar-refractivity contribution in [2.75, 3.05) is 44.2 Å². The molecule has 34 heavy (non-hydrogen) atoms. The van der Waals surface area contributed by atoms with Crippen molar-refractivity contribution < 1.29 is 18.3 Å². The molecule has 2 aliphatic heterocycles. The van der Waals surface area contributed by atoms with Crippen LogP contribution in [0, 0.1) is 18.3 Å². The molecule has 0 radical (unpaired) electrons. The Kier molecular flexibility index (Phi) is 6.95. The number of benzene rings is 2. The lowest BCUT2D eigenvalue weighted by Crippen LogP contribution is -2.55. The summed E-state index contributed by atoms with van der Waals surface area (Å²) in [7, 11) is -3.83. The number of phenolic OH excluding ortho intramolecular Hbond substituents is 1. The first kappa shape index (κ1) is 23.9. The second-order valence-corrected chi connectivity index (χ2v) is 10.6. The van der Waals surface area contributed by atoms with Crippen LogP contribution in [0.25, 0.3) is 0 Å². The van der Waals surface area contributed by atoms with Gasteiger partial charge in [-0.3, -0.25) is 0 Å². The maximum atomic E-state index is 13.0. The second-order valence-electron chi connectivity index (χ2n) is 8.73. The molecule has 0 unspecified atom stereocenters. The van der Waals surface area contributed by atoms with E-state index in [1.54, 1.807) is 17.9 Å². The molecule has 2 N–H and O–H groups in total. The highest BCUT2D eigenvalue weighted by Gasteiger charge is 2.32. The molecule has 2 saturated heterocycles. The fraction of sp³-hybridized carbons (Fsp3) is 0.417. The second kappa shape index (κ2) is 9.91. The molecule has 2 aromatic rings. The third-order valence-corrected chi connectivity index (χ3v) is 8.37. The SMILES string of the molecule is Cc1ccc(O)c(S(=O)(=O)N2CCN(C(=O)NC3CCN(c4ccc(C#N)cc4)CC3)CC2)c1. The summed E-state index contributed by atoms with van der Waals surface area (Å²) < 4.78 is 27.2. The number of amides is 2. The maximum Gasteiger partial charge on any atom is 0.317 e. The summed E-state index contributed by atoms with van der Waals surface area (Å²) in [5.41, 5.74) is 2.45. The Bertz CT molecular complexity index is 1180. The standard InChI is InChI=1S/C24H29N5O4S/c1-18-2-7-22(30)23(16-18)34(32,33)29-14-12-28(13-15-29)24(31)26-20-8-10-27(11-9-20)21-5-3-19(17-25)4-6-21/h2-7,16,20,30H,8-15H2,1H3,(H,26,31). The lowest BCUT2D eigenvalue weighted by molar-refractivity contribution is 0.167. The third kappa shape index (κ3) is 5.11. The van der Waals surface area contributed by atoms with Crippen molar-refractivity contribution in [3.05, 3.63) is 53.6 Å². The Hall–Kier alpha value is -3.29. The lowest BCUT2D eigenvalue weighted by Gasteiger charge is -2.37. The number of urea groups is 1. The van der Waals surface area contributed by atoms with Gasteiger partial charge in [-0.15, -0.1) is 0 Å². The number of piperidine rings is 1. The fourth-order valence-corrected chi connectivity index (χ4v) is 5.98. The largest absolute Gasteiger partial charge is 0.507 e. The van der Waals surface area contributed by atoms with Crippen molar-refractivity contribution in [3.63, 3.8) is 0 Å². The minimum absolute atomic E-state index is 0.0631. The van der Waals surface area contributed by atoms with Gasteiger partial charge in [0.2, 0.25) is 10.0 Å². The van der Waals surface area contributed by atoms with Crippen molar-refractivity contribution in [1.82, 2.24) is 14.5 Å². The number of phenols is 1. The zero-order chi connectivity index (χ0) is 24.3. The van der Waals surface area contributed by atoms with Crippen molar-refractivity contribution in [2.24, 2.45) is 0 Å². The first-order valence-electron chi connectivity index (χ1n) is 11.4. The van der Waals surface area contributed by atoms with Gasteiger partial charge in [0.05, 0.1) is 11.6 Å². The number of carbonyl (C=O) groups excluding carboxylic acids is 1. The number of hydrogen-bond acceptors (Lipinski definition) is 6. The Morgan fingerprint density at radius 3 is 2.29 bits per heavy atom. The average Bonchev–Trinajstić information content (AvgIpc) is 2.86. The summed E-state index contributed by atoms with van der Waals surface area (Å²) in [6, 6.07) is 14.0. The van der Waals surface area contributed by atoms with Crippen molar-refractivity contribution >= 4 is 21.7 Å². The van der Waals surface area contributed by atoms with Crippen molar-refractivity contribution in [2.45, 2.75) is 30.7 Å². The molecule has 2 aromatic carbocycles. The highest BCUT2D eigenvalue weighted by atomic mass is 32.2. The minimum atomic E-state index is -3.83. The van der Waals surface area contributed by atoms with Crippen LogP contribution < -0.4 is 10.2 Å². The predicted molar refractivity (Wildman–Crippen MR) is 128 cm³/mol. The van der Waals surface area contributed by atoms with Crippen LogP contribution in [0.3, 0.4) is 0 Å². The van der Waals surface area contributed by atoms with Gasteiger partial charge in [-0.25, -0.2) is 13.2 Å². The van der Waals surface area contributed by atoms with Gasteiger partial charge in [0.25, 0.3) is 0 Å². The molecule has 180 valence electrons. The molecule has 0 aliphatic carbocycles. The number of nitrogens with one attached hydrogen (secondary N) is 1. The minimum Gasteiger partial charge on any atom is -0.507 e. The Morgan fingerprint density at radius 2 is 1.68 bits per heavy atom. The molecular weight excluding hydrogens is 454 g/mol. The first-order chi connectivity index (χ1) is 16.3. The summed E-state index contributed by atoms with van der Waals surface area (Å²) in [6.07, 6.45) is 1.62. The summed E-state index contributed by atoms with van der Waals surface area (Å²) in [6.45, 7) is 4.34. The number of piperazine rings is 1. The normalized spacial score (nSPS) is 17.9. The summed E-state index contributed by atoms with van der Waals surface area (Å²) >= 11 is 0. The van der Waals surface area contributed by atoms with E-state index < -0.39 is 10.0 Å². The van der Waals surface area contributed by atoms with Gasteiger partial charge in [0, 0.05) is 51.0 Å². The van der Waals surface area contributed by atoms with E-state index in [9.17, 15) is 18.3 Å². The lowest BCUT2D eigenvalue weighted by atomic mass is 10.0. The van der Waals surface area contributed by atoms with E-state index in [1.807, 2.05) is 24.3 Å². The van der Waals surface area contributed by atoms with E-state index in [4.69, 9.17) is 5.26 Å². The molecular formula is C24H29N5O4S. The summed E-state index contributed by atoms with van der Waals surface area (Å²) in [4.78, 5) is 16.6. The van der Waals surface area contributed by atoms with Crippen LogP contribution in [0.15, 0.2) is 47.4 Å². The number of aryl methyl sites for hydroxylation is 1. The van der Waals surface area contributed by atoms with E-state index in [0.717, 1.165) is 37.2 Å². The predicted octanol–water partition coefficient (Wildman–Crippen LogP) is 2.26. The van der Waals surface area contributed by atoms with Crippen LogP contribution in [0.1, 0.15) is 24.0 Å². The Balaban J connectivity index is 1.27. The number of nitrogens with zero attached hydrogens (tertiary/aromatic N) is 4. The molecule has 0 spiro atoms. The highest BCUT2D eigenvalue weighted by Crippen LogP contribution is 2.27. The van der Waals surface area contributed by atoms with Crippen LogP contribution in [0.4, 0.5) is 10.5 Å². The van der Waals surface area contributed by atoms with Crippen LogP contribution >= 0.6 is 0 Å². The number of hydrogen-bond donors (Lipinski definition) is 2. The number of nitriles is 1. The average molecular weight is 484 g/mol. The van der Waals surface area contributed by atoms with Gasteiger partial charge in [-0.05, 0) is 61.7 Å². The van der Waals surface area contributed by atoms with Gasteiger partial charge in [0.1, 0.15) is 10.6 Å². The smallest absolute Gasteiger partial charge is 0.317 e. The summed E-state index contributed by atoms with van der Waals surface area (Å²) in [5.74, 6) is -0.266. The molecule has 2 fully saturated rings. The van der Waals surface area contributed by atoms with E-state index in [2.05, 4.69) is 16.3 Å². The van der Waals surface area contributed by atoms with Crippen LogP contribution in [-0.2, 0) is 10.0 Å². The number of anilines is 1. The van der Waals surface area contributed by atoms with Gasteiger partial charge >= 0.3 is 6.03 Å². The topological polar surface area (TPSA) is 117 Å². The summed E-state index contributed by atoms with van der Waals surface area (Å²) in [5, 5.41) is 22.1. The number of sulfonamides is 1. The van der Waals surface area contributed by atoms with Gasteiger partial charge in [-0.1, -0.05) is 6.07 Å². The van der Waals surface area contributed by atoms with Crippen molar-refractivity contribution in [1.29, 1.82) is 5.26 Å². The van der Waals surface area contributed by atoms with Crippen LogP contribution in [0.5, 0.6) is 5.75 Å². The Labute approximate surface area is 200 Å². The van der Waals surface area contributed by atoms with Gasteiger partial charge in [-0.2, -0.15) is 9.57 Å². The van der Waals surface area contributed by atoms with Crippen molar-refractivity contribution in [3.8, 4) is 11.8 Å². The van der Waals surface area contributed by atoms with E-state index in [-0.39, 0.29) is 35.8 Å². The zero-order valence-electron chi connectivity index (χ0n) is 19.1. The quantitative estimate of drug-likeness (QED) is 0.689. The van der Waals surface area contributed by atoms with Gasteiger partial charge < -0.3 is 20.2 Å². The first-order valence-corrected chi connectivity index (χ1v) is 12.8. The molecule has 0 atom stereocenters. The molecule has 2 aliphatic rings. The molecule has 9 nitrogen and oxygen atoms in total. The highest BCUT2D eigenvalue weighted by molar-refractivity contribution is 7.89. The van der Waals surface area contributed by atoms with Crippen LogP contribution in [-0.4, -0.2) is 74.1 Å². The fourth-order valence-electron chi connectivity index (χ4n) is 4.39. The zero-order valence-corrected chi connectivity index (χ0v) is 20.0. The Morgan fingerprint density at radius 1 is 1.03 bits per heavy atom. The van der Waals surface area contributed by atoms with E-state index in [1.165, 1.54) is 16.4 Å². The van der Waals surface area contributed by atoms with Gasteiger partial charge in [0.15, 0.2) is 0 Å². The van der Waals surface area contributed by atoms with E-state index in [0.29, 0.717) is 18.7 Å². The number of rotatable bonds is 4. The molecule has 0 bridgehead atoms. The molecule has 2 amide bonds. The third-order valence-electron chi connectivity index (χ3n) is 6.44. The number of carbonyl (C=O) groups is 1. The van der Waals surface area contributed by atoms with Crippen LogP contribution in [0.2, 0.25) is 0 Å². The molecule has 0 aromatic heterocycles. The van der Waals surface area contributed by atoms with E-state index >= 15 is 0 Å². The molecule has 2 heterocycles. The monoisotopic (exact) mass is 483 g/mol. The molecule has 4 rings (SSSR count). The maximum absolute atomic E-state index is 13.0. The molecule has 10 heteroatoms.